The fourth-order valence-corrected chi connectivity index (χ4v) is 3.82. The summed E-state index contributed by atoms with van der Waals surface area (Å²) >= 11 is 0. The molecule has 0 radical (unpaired) electrons. The topological polar surface area (TPSA) is 92.7 Å². The number of esters is 1. The first-order valence-corrected chi connectivity index (χ1v) is 5.90. The fraction of sp³-hybridized carbons (Fsp3) is 0.583. The molecule has 0 spiro atoms. The maximum atomic E-state index is 11.7. The first kappa shape index (κ1) is 11.3. The van der Waals surface area contributed by atoms with Crippen molar-refractivity contribution < 1.29 is 24.2 Å². The second-order valence-corrected chi connectivity index (χ2v) is 5.15. The molecule has 1 saturated heterocycles. The number of carboxylic acid groups (broad SMARTS) is 1. The molecule has 6 heteroatoms. The molecule has 2 N–H and O–H groups in total. The van der Waals surface area contributed by atoms with Gasteiger partial charge in [-0.25, -0.2) is 4.79 Å². The molecule has 6 nitrogen and oxygen atoms in total. The standard InChI is InChI=1S/C12H13NO5/c1-2-8(14)13-9-5-3-6-7(4-5)12(9,11(16)17)18-10(6)15/h2,5-7,9H,1,3-4H2,(H,13,14)(H,16,17). The Hall–Kier alpha value is -1.85. The lowest BCUT2D eigenvalue weighted by atomic mass is 9.76. The van der Waals surface area contributed by atoms with Crippen molar-refractivity contribution >= 4 is 17.8 Å². The van der Waals surface area contributed by atoms with Crippen LogP contribution in [0, 0.1) is 17.8 Å². The summed E-state index contributed by atoms with van der Waals surface area (Å²) in [4.78, 5) is 34.6. The van der Waals surface area contributed by atoms with Gasteiger partial charge in [0.15, 0.2) is 0 Å². The van der Waals surface area contributed by atoms with Crippen LogP contribution in [-0.2, 0) is 19.1 Å². The zero-order chi connectivity index (χ0) is 13.1. The van der Waals surface area contributed by atoms with E-state index in [0.29, 0.717) is 12.8 Å². The molecule has 5 atom stereocenters. The van der Waals surface area contributed by atoms with Gasteiger partial charge in [0.1, 0.15) is 0 Å². The quantitative estimate of drug-likeness (QED) is 0.530. The van der Waals surface area contributed by atoms with Gasteiger partial charge in [-0.1, -0.05) is 6.58 Å². The third kappa shape index (κ3) is 1.10. The molecular weight excluding hydrogens is 238 g/mol. The van der Waals surface area contributed by atoms with Crippen LogP contribution in [0.1, 0.15) is 12.8 Å². The number of carboxylic acids is 1. The molecule has 2 aliphatic carbocycles. The molecule has 1 amide bonds. The maximum absolute atomic E-state index is 11.7. The monoisotopic (exact) mass is 251 g/mol. The minimum Gasteiger partial charge on any atom is -0.478 e. The molecule has 2 bridgehead atoms. The Balaban J connectivity index is 2.00. The van der Waals surface area contributed by atoms with Crippen molar-refractivity contribution in [2.45, 2.75) is 24.5 Å². The number of nitrogens with one attached hydrogen (secondary N) is 1. The van der Waals surface area contributed by atoms with Crippen molar-refractivity contribution in [3.63, 3.8) is 0 Å². The van der Waals surface area contributed by atoms with E-state index in [1.54, 1.807) is 0 Å². The molecule has 2 saturated carbocycles. The average Bonchev–Trinajstić information content (AvgIpc) is 2.91. The number of ether oxygens (including phenoxy) is 1. The van der Waals surface area contributed by atoms with Crippen molar-refractivity contribution in [3.8, 4) is 0 Å². The third-order valence-corrected chi connectivity index (χ3v) is 4.47. The molecule has 18 heavy (non-hydrogen) atoms. The summed E-state index contributed by atoms with van der Waals surface area (Å²) in [5.74, 6) is -2.69. The molecule has 0 aromatic rings. The van der Waals surface area contributed by atoms with Crippen LogP contribution in [0.15, 0.2) is 12.7 Å². The van der Waals surface area contributed by atoms with Gasteiger partial charge in [0.2, 0.25) is 11.5 Å². The Morgan fingerprint density at radius 1 is 1.50 bits per heavy atom. The van der Waals surface area contributed by atoms with Gasteiger partial charge in [-0.15, -0.1) is 0 Å². The van der Waals surface area contributed by atoms with E-state index >= 15 is 0 Å². The number of rotatable bonds is 3. The molecular formula is C12H13NO5. The molecule has 0 aromatic carbocycles. The predicted octanol–water partition coefficient (Wildman–Crippen LogP) is -0.307. The summed E-state index contributed by atoms with van der Waals surface area (Å²) in [5.41, 5.74) is -1.57. The van der Waals surface area contributed by atoms with Gasteiger partial charge in [0, 0.05) is 5.92 Å². The van der Waals surface area contributed by atoms with E-state index in [1.807, 2.05) is 0 Å². The van der Waals surface area contributed by atoms with E-state index in [4.69, 9.17) is 4.74 Å². The molecule has 1 heterocycles. The van der Waals surface area contributed by atoms with Gasteiger partial charge in [-0.05, 0) is 24.8 Å². The first-order valence-electron chi connectivity index (χ1n) is 5.90. The van der Waals surface area contributed by atoms with Crippen molar-refractivity contribution in [2.75, 3.05) is 0 Å². The molecule has 3 aliphatic rings. The minimum atomic E-state index is -1.57. The zero-order valence-corrected chi connectivity index (χ0v) is 9.59. The molecule has 5 unspecified atom stereocenters. The molecule has 0 aromatic heterocycles. The second kappa shape index (κ2) is 3.34. The van der Waals surface area contributed by atoms with Gasteiger partial charge in [-0.3, -0.25) is 9.59 Å². The second-order valence-electron chi connectivity index (χ2n) is 5.15. The normalized spacial score (nSPS) is 43.7. The van der Waals surface area contributed by atoms with Crippen molar-refractivity contribution in [1.29, 1.82) is 0 Å². The van der Waals surface area contributed by atoms with Gasteiger partial charge >= 0.3 is 11.9 Å². The maximum Gasteiger partial charge on any atom is 0.350 e. The number of carbonyl (C=O) groups is 3. The van der Waals surface area contributed by atoms with Gasteiger partial charge < -0.3 is 15.2 Å². The van der Waals surface area contributed by atoms with Crippen LogP contribution in [0.25, 0.3) is 0 Å². The fourth-order valence-electron chi connectivity index (χ4n) is 3.82. The van der Waals surface area contributed by atoms with Crippen LogP contribution >= 0.6 is 0 Å². The molecule has 3 fully saturated rings. The summed E-state index contributed by atoms with van der Waals surface area (Å²) in [5, 5.41) is 12.0. The van der Waals surface area contributed by atoms with Crippen LogP contribution in [0.4, 0.5) is 0 Å². The SMILES string of the molecule is C=CC(=O)NC1C2CC3C(=O)OC1(C(=O)O)C3C2. The Kier molecular flexibility index (Phi) is 2.09. The van der Waals surface area contributed by atoms with Gasteiger partial charge in [-0.2, -0.15) is 0 Å². The van der Waals surface area contributed by atoms with Crippen molar-refractivity contribution in [2.24, 2.45) is 17.8 Å². The Morgan fingerprint density at radius 3 is 2.83 bits per heavy atom. The minimum absolute atomic E-state index is 0.00792. The lowest BCUT2D eigenvalue weighted by Crippen LogP contribution is -2.59. The lowest BCUT2D eigenvalue weighted by Gasteiger charge is -2.34. The molecule has 1 aliphatic heterocycles. The highest BCUT2D eigenvalue weighted by Crippen LogP contribution is 2.60. The highest BCUT2D eigenvalue weighted by Gasteiger charge is 2.74. The van der Waals surface area contributed by atoms with Crippen molar-refractivity contribution in [1.82, 2.24) is 5.32 Å². The zero-order valence-electron chi connectivity index (χ0n) is 9.59. The summed E-state index contributed by atoms with van der Waals surface area (Å²) in [6.45, 7) is 3.34. The Labute approximate surface area is 103 Å². The molecule has 96 valence electrons. The van der Waals surface area contributed by atoms with Crippen LogP contribution in [0.5, 0.6) is 0 Å². The van der Waals surface area contributed by atoms with Crippen LogP contribution in [-0.4, -0.2) is 34.6 Å². The Bertz CT molecular complexity index is 473. The van der Waals surface area contributed by atoms with E-state index in [9.17, 15) is 19.5 Å². The van der Waals surface area contributed by atoms with Crippen molar-refractivity contribution in [3.05, 3.63) is 12.7 Å². The van der Waals surface area contributed by atoms with Gasteiger partial charge in [0.05, 0.1) is 12.0 Å². The number of fused-ring (bicyclic) bond motifs is 1. The first-order chi connectivity index (χ1) is 8.50. The van der Waals surface area contributed by atoms with E-state index in [2.05, 4.69) is 11.9 Å². The number of aliphatic carboxylic acids is 1. The van der Waals surface area contributed by atoms with E-state index in [0.717, 1.165) is 6.08 Å². The average molecular weight is 251 g/mol. The smallest absolute Gasteiger partial charge is 0.350 e. The third-order valence-electron chi connectivity index (χ3n) is 4.47. The summed E-state index contributed by atoms with van der Waals surface area (Å²) in [6.07, 6.45) is 2.31. The predicted molar refractivity (Wildman–Crippen MR) is 58.3 cm³/mol. The number of carbonyl (C=O) groups excluding carboxylic acids is 2. The number of amides is 1. The summed E-state index contributed by atoms with van der Waals surface area (Å²) in [7, 11) is 0. The van der Waals surface area contributed by atoms with Crippen LogP contribution in [0.2, 0.25) is 0 Å². The van der Waals surface area contributed by atoms with Gasteiger partial charge in [0.25, 0.3) is 0 Å². The number of hydrogen-bond donors (Lipinski definition) is 2. The summed E-state index contributed by atoms with van der Waals surface area (Å²) < 4.78 is 5.16. The highest BCUT2D eigenvalue weighted by atomic mass is 16.6. The number of hydrogen-bond acceptors (Lipinski definition) is 4. The van der Waals surface area contributed by atoms with Crippen LogP contribution < -0.4 is 5.32 Å². The van der Waals surface area contributed by atoms with E-state index in [1.165, 1.54) is 0 Å². The Morgan fingerprint density at radius 2 is 2.22 bits per heavy atom. The summed E-state index contributed by atoms with van der Waals surface area (Å²) in [6, 6.07) is -0.645. The largest absolute Gasteiger partial charge is 0.478 e. The van der Waals surface area contributed by atoms with E-state index in [-0.39, 0.29) is 17.8 Å². The highest BCUT2D eigenvalue weighted by molar-refractivity contribution is 5.93. The lowest BCUT2D eigenvalue weighted by molar-refractivity contribution is -0.174. The van der Waals surface area contributed by atoms with E-state index < -0.39 is 29.5 Å². The van der Waals surface area contributed by atoms with Crippen LogP contribution in [0.3, 0.4) is 0 Å². The molecule has 3 rings (SSSR count).